The van der Waals surface area contributed by atoms with E-state index in [1.807, 2.05) is 50.2 Å². The summed E-state index contributed by atoms with van der Waals surface area (Å²) in [5.41, 5.74) is 8.89. The minimum absolute atomic E-state index is 0.0820. The van der Waals surface area contributed by atoms with Crippen LogP contribution in [0.1, 0.15) is 28.2 Å². The summed E-state index contributed by atoms with van der Waals surface area (Å²) in [7, 11) is 0. The quantitative estimate of drug-likeness (QED) is 0.917. The fraction of sp³-hybridized carbons (Fsp3) is 0.294. The number of hydrogen-bond acceptors (Lipinski definition) is 3. The zero-order valence-corrected chi connectivity index (χ0v) is 12.5. The molecule has 0 saturated carbocycles. The molecule has 0 aliphatic heterocycles. The molecule has 2 aromatic rings. The topological polar surface area (TPSA) is 59.2 Å². The molecular formula is C17H21N3O. The molecule has 4 heteroatoms. The fourth-order valence-corrected chi connectivity index (χ4v) is 2.25. The average Bonchev–Trinajstić information content (AvgIpc) is 2.49. The van der Waals surface area contributed by atoms with Crippen molar-refractivity contribution in [1.82, 2.24) is 4.98 Å². The molecule has 1 aromatic heterocycles. The molecule has 0 atom stereocenters. The van der Waals surface area contributed by atoms with Crippen LogP contribution in [-0.2, 0) is 0 Å². The SMILES string of the molecule is Cc1cccc(C(=O)N(CCCN)c2ccccc2C)n1. The van der Waals surface area contributed by atoms with Gasteiger partial charge in [-0.05, 0) is 50.6 Å². The molecule has 0 radical (unpaired) electrons. The van der Waals surface area contributed by atoms with Crippen LogP contribution in [0.25, 0.3) is 0 Å². The smallest absolute Gasteiger partial charge is 0.276 e. The van der Waals surface area contributed by atoms with Crippen molar-refractivity contribution in [2.75, 3.05) is 18.0 Å². The van der Waals surface area contributed by atoms with Gasteiger partial charge in [-0.15, -0.1) is 0 Å². The number of nitrogens with two attached hydrogens (primary N) is 1. The van der Waals surface area contributed by atoms with Gasteiger partial charge in [-0.2, -0.15) is 0 Å². The lowest BCUT2D eigenvalue weighted by atomic mass is 10.1. The Morgan fingerprint density at radius 3 is 2.57 bits per heavy atom. The van der Waals surface area contributed by atoms with Crippen molar-refractivity contribution in [3.63, 3.8) is 0 Å². The third kappa shape index (κ3) is 3.67. The maximum atomic E-state index is 12.8. The summed E-state index contributed by atoms with van der Waals surface area (Å²) < 4.78 is 0. The van der Waals surface area contributed by atoms with Crippen LogP contribution in [-0.4, -0.2) is 24.0 Å². The van der Waals surface area contributed by atoms with Gasteiger partial charge < -0.3 is 10.6 Å². The highest BCUT2D eigenvalue weighted by Gasteiger charge is 2.19. The largest absolute Gasteiger partial charge is 0.330 e. The second kappa shape index (κ2) is 6.99. The Morgan fingerprint density at radius 2 is 1.90 bits per heavy atom. The number of carbonyl (C=O) groups is 1. The first-order chi connectivity index (χ1) is 10.1. The zero-order chi connectivity index (χ0) is 15.2. The van der Waals surface area contributed by atoms with Crippen LogP contribution in [0.2, 0.25) is 0 Å². The van der Waals surface area contributed by atoms with Crippen LogP contribution in [0, 0.1) is 13.8 Å². The molecule has 2 rings (SSSR count). The number of aromatic nitrogens is 1. The number of aryl methyl sites for hydroxylation is 2. The molecule has 1 aromatic carbocycles. The Morgan fingerprint density at radius 1 is 1.14 bits per heavy atom. The Hall–Kier alpha value is -2.20. The molecule has 110 valence electrons. The van der Waals surface area contributed by atoms with E-state index in [1.165, 1.54) is 0 Å². The highest BCUT2D eigenvalue weighted by molar-refractivity contribution is 6.05. The number of para-hydroxylation sites is 1. The second-order valence-electron chi connectivity index (χ2n) is 5.05. The van der Waals surface area contributed by atoms with E-state index in [0.29, 0.717) is 18.8 Å². The van der Waals surface area contributed by atoms with Crippen molar-refractivity contribution < 1.29 is 4.79 Å². The van der Waals surface area contributed by atoms with Gasteiger partial charge in [0.05, 0.1) is 0 Å². The van der Waals surface area contributed by atoms with E-state index >= 15 is 0 Å². The van der Waals surface area contributed by atoms with Gasteiger partial charge in [-0.3, -0.25) is 4.79 Å². The van der Waals surface area contributed by atoms with Crippen molar-refractivity contribution in [2.24, 2.45) is 5.73 Å². The van der Waals surface area contributed by atoms with E-state index < -0.39 is 0 Å². The minimum Gasteiger partial charge on any atom is -0.330 e. The van der Waals surface area contributed by atoms with Crippen LogP contribution >= 0.6 is 0 Å². The molecule has 0 aliphatic rings. The maximum absolute atomic E-state index is 12.8. The van der Waals surface area contributed by atoms with E-state index in [0.717, 1.165) is 23.4 Å². The van der Waals surface area contributed by atoms with Crippen molar-refractivity contribution in [3.05, 3.63) is 59.4 Å². The minimum atomic E-state index is -0.0820. The molecule has 1 amide bonds. The number of carbonyl (C=O) groups excluding carboxylic acids is 1. The lowest BCUT2D eigenvalue weighted by molar-refractivity contribution is 0.0981. The maximum Gasteiger partial charge on any atom is 0.276 e. The Bertz CT molecular complexity index is 625. The van der Waals surface area contributed by atoms with E-state index in [4.69, 9.17) is 5.73 Å². The number of nitrogens with zero attached hydrogens (tertiary/aromatic N) is 2. The van der Waals surface area contributed by atoms with Gasteiger partial charge in [-0.1, -0.05) is 24.3 Å². The molecule has 2 N–H and O–H groups in total. The zero-order valence-electron chi connectivity index (χ0n) is 12.5. The Balaban J connectivity index is 2.36. The summed E-state index contributed by atoms with van der Waals surface area (Å²) in [6.07, 6.45) is 0.756. The number of pyridine rings is 1. The Kier molecular flexibility index (Phi) is 5.06. The monoisotopic (exact) mass is 283 g/mol. The van der Waals surface area contributed by atoms with Crippen molar-refractivity contribution in [2.45, 2.75) is 20.3 Å². The van der Waals surface area contributed by atoms with Crippen LogP contribution in [0.15, 0.2) is 42.5 Å². The van der Waals surface area contributed by atoms with Gasteiger partial charge in [0.15, 0.2) is 0 Å². The van der Waals surface area contributed by atoms with Gasteiger partial charge in [0.1, 0.15) is 5.69 Å². The molecule has 0 aliphatic carbocycles. The molecule has 21 heavy (non-hydrogen) atoms. The molecule has 0 unspecified atom stereocenters. The van der Waals surface area contributed by atoms with Gasteiger partial charge in [0.25, 0.3) is 5.91 Å². The lowest BCUT2D eigenvalue weighted by Crippen LogP contribution is -2.34. The third-order valence-corrected chi connectivity index (χ3v) is 3.34. The van der Waals surface area contributed by atoms with Crippen LogP contribution in [0.5, 0.6) is 0 Å². The van der Waals surface area contributed by atoms with E-state index in [9.17, 15) is 4.79 Å². The summed E-state index contributed by atoms with van der Waals surface area (Å²) in [6.45, 7) is 5.03. The number of rotatable bonds is 5. The molecule has 0 saturated heterocycles. The van der Waals surface area contributed by atoms with E-state index in [2.05, 4.69) is 4.98 Å². The summed E-state index contributed by atoms with van der Waals surface area (Å²) in [4.78, 5) is 18.9. The number of hydrogen-bond donors (Lipinski definition) is 1. The second-order valence-corrected chi connectivity index (χ2v) is 5.05. The normalized spacial score (nSPS) is 10.4. The van der Waals surface area contributed by atoms with E-state index in [1.54, 1.807) is 11.0 Å². The highest BCUT2D eigenvalue weighted by atomic mass is 16.2. The number of anilines is 1. The first-order valence-electron chi connectivity index (χ1n) is 7.14. The molecule has 0 spiro atoms. The summed E-state index contributed by atoms with van der Waals surface area (Å²) in [6, 6.07) is 13.4. The highest BCUT2D eigenvalue weighted by Crippen LogP contribution is 2.21. The van der Waals surface area contributed by atoms with Crippen molar-refractivity contribution >= 4 is 11.6 Å². The van der Waals surface area contributed by atoms with Crippen molar-refractivity contribution in [1.29, 1.82) is 0 Å². The molecule has 0 fully saturated rings. The van der Waals surface area contributed by atoms with Crippen LogP contribution in [0.3, 0.4) is 0 Å². The van der Waals surface area contributed by atoms with Gasteiger partial charge >= 0.3 is 0 Å². The third-order valence-electron chi connectivity index (χ3n) is 3.34. The van der Waals surface area contributed by atoms with E-state index in [-0.39, 0.29) is 5.91 Å². The Labute approximate surface area is 125 Å². The van der Waals surface area contributed by atoms with Crippen LogP contribution in [0.4, 0.5) is 5.69 Å². The summed E-state index contributed by atoms with van der Waals surface area (Å²) in [5, 5.41) is 0. The predicted octanol–water partition coefficient (Wildman–Crippen LogP) is 2.69. The lowest BCUT2D eigenvalue weighted by Gasteiger charge is -2.24. The van der Waals surface area contributed by atoms with Gasteiger partial charge in [-0.25, -0.2) is 4.98 Å². The van der Waals surface area contributed by atoms with Gasteiger partial charge in [0.2, 0.25) is 0 Å². The molecule has 4 nitrogen and oxygen atoms in total. The first kappa shape index (κ1) is 15.2. The number of benzene rings is 1. The molecular weight excluding hydrogens is 262 g/mol. The number of amides is 1. The molecule has 0 bridgehead atoms. The molecule has 1 heterocycles. The average molecular weight is 283 g/mol. The standard InChI is InChI=1S/C17H21N3O/c1-13-7-3-4-10-16(13)20(12-6-11-18)17(21)15-9-5-8-14(2)19-15/h3-5,7-10H,6,11-12,18H2,1-2H3. The fourth-order valence-electron chi connectivity index (χ4n) is 2.25. The summed E-state index contributed by atoms with van der Waals surface area (Å²) in [5.74, 6) is -0.0820. The summed E-state index contributed by atoms with van der Waals surface area (Å²) >= 11 is 0. The van der Waals surface area contributed by atoms with Gasteiger partial charge in [0, 0.05) is 17.9 Å². The first-order valence-corrected chi connectivity index (χ1v) is 7.14. The van der Waals surface area contributed by atoms with Crippen LogP contribution < -0.4 is 10.6 Å². The van der Waals surface area contributed by atoms with Crippen molar-refractivity contribution in [3.8, 4) is 0 Å². The predicted molar refractivity (Wildman–Crippen MR) is 85.5 cm³/mol.